The maximum Gasteiger partial charge on any atom is 0.241 e. The molecule has 2 aromatic rings. The highest BCUT2D eigenvalue weighted by atomic mass is 32.2. The van der Waals surface area contributed by atoms with Crippen LogP contribution in [0.4, 0.5) is 5.69 Å². The molecule has 1 aromatic carbocycles. The molecule has 2 rings (SSSR count). The number of anilines is 1. The smallest absolute Gasteiger partial charge is 0.241 e. The van der Waals surface area contributed by atoms with Crippen LogP contribution in [0.2, 0.25) is 0 Å². The van der Waals surface area contributed by atoms with Gasteiger partial charge in [0.1, 0.15) is 0 Å². The number of hydrogen-bond donors (Lipinski definition) is 3. The minimum Gasteiger partial charge on any atom is -0.324 e. The molecule has 6 nitrogen and oxygen atoms in total. The Morgan fingerprint density at radius 3 is 2.40 bits per heavy atom. The number of nitrogens with two attached hydrogens (primary N) is 1. The van der Waals surface area contributed by atoms with Crippen molar-refractivity contribution < 1.29 is 8.42 Å². The Hall–Kier alpha value is -1.96. The van der Waals surface area contributed by atoms with Crippen molar-refractivity contribution in [3.05, 3.63) is 54.4 Å². The predicted molar refractivity (Wildman–Crippen MR) is 77.2 cm³/mol. The van der Waals surface area contributed by atoms with Crippen LogP contribution in [0.1, 0.15) is 18.7 Å². The predicted octanol–water partition coefficient (Wildman–Crippen LogP) is 1.41. The van der Waals surface area contributed by atoms with Crippen molar-refractivity contribution in [2.45, 2.75) is 17.9 Å². The van der Waals surface area contributed by atoms with E-state index < -0.39 is 16.1 Å². The number of pyridine rings is 1. The van der Waals surface area contributed by atoms with Gasteiger partial charge in [-0.05, 0) is 43.3 Å². The Balaban J connectivity index is 2.18. The molecule has 0 bridgehead atoms. The van der Waals surface area contributed by atoms with E-state index in [0.29, 0.717) is 11.4 Å². The molecule has 1 unspecified atom stereocenters. The minimum absolute atomic E-state index is 0.180. The summed E-state index contributed by atoms with van der Waals surface area (Å²) in [5.41, 5.74) is 3.75. The van der Waals surface area contributed by atoms with Crippen molar-refractivity contribution in [3.8, 4) is 0 Å². The molecule has 1 atom stereocenters. The topological polar surface area (TPSA) is 97.1 Å². The average molecular weight is 292 g/mol. The quantitative estimate of drug-likeness (QED) is 0.572. The average Bonchev–Trinajstić information content (AvgIpc) is 2.48. The second-order valence-corrected chi connectivity index (χ2v) is 5.98. The van der Waals surface area contributed by atoms with E-state index in [0.717, 1.165) is 0 Å². The summed E-state index contributed by atoms with van der Waals surface area (Å²) < 4.78 is 27.0. The second-order valence-electron chi connectivity index (χ2n) is 4.27. The summed E-state index contributed by atoms with van der Waals surface area (Å²) in [5.74, 6) is 5.24. The molecule has 1 heterocycles. The Bertz CT molecular complexity index is 657. The summed E-state index contributed by atoms with van der Waals surface area (Å²) in [6.07, 6.45) is 1.63. The lowest BCUT2D eigenvalue weighted by atomic mass is 10.2. The van der Waals surface area contributed by atoms with Crippen molar-refractivity contribution in [3.63, 3.8) is 0 Å². The highest BCUT2D eigenvalue weighted by Crippen LogP contribution is 2.17. The summed E-state index contributed by atoms with van der Waals surface area (Å²) in [6.45, 7) is 1.75. The highest BCUT2D eigenvalue weighted by molar-refractivity contribution is 7.89. The van der Waals surface area contributed by atoms with Gasteiger partial charge in [-0.1, -0.05) is 6.07 Å². The van der Waals surface area contributed by atoms with Gasteiger partial charge >= 0.3 is 0 Å². The first-order chi connectivity index (χ1) is 9.53. The van der Waals surface area contributed by atoms with E-state index in [4.69, 9.17) is 5.84 Å². The van der Waals surface area contributed by atoms with E-state index in [2.05, 4.69) is 15.1 Å². The monoisotopic (exact) mass is 292 g/mol. The maximum absolute atomic E-state index is 12.2. The molecule has 0 fully saturated rings. The molecule has 106 valence electrons. The number of sulfonamides is 1. The van der Waals surface area contributed by atoms with Gasteiger partial charge in [0.15, 0.2) is 0 Å². The number of nitrogens with zero attached hydrogens (tertiary/aromatic N) is 1. The zero-order chi connectivity index (χ0) is 14.6. The van der Waals surface area contributed by atoms with Crippen LogP contribution in [-0.4, -0.2) is 13.4 Å². The summed E-state index contributed by atoms with van der Waals surface area (Å²) in [4.78, 5) is 4.31. The van der Waals surface area contributed by atoms with Gasteiger partial charge in [-0.3, -0.25) is 10.8 Å². The van der Waals surface area contributed by atoms with Crippen molar-refractivity contribution in [2.24, 2.45) is 5.84 Å². The summed E-state index contributed by atoms with van der Waals surface area (Å²) in [5, 5.41) is 0. The van der Waals surface area contributed by atoms with Crippen LogP contribution in [0.3, 0.4) is 0 Å². The van der Waals surface area contributed by atoms with E-state index in [1.165, 1.54) is 12.1 Å². The number of hydrogen-bond acceptors (Lipinski definition) is 5. The summed E-state index contributed by atoms with van der Waals surface area (Å²) >= 11 is 0. The molecule has 0 aliphatic rings. The number of nitrogen functional groups attached to an aromatic ring is 1. The van der Waals surface area contributed by atoms with E-state index >= 15 is 0 Å². The largest absolute Gasteiger partial charge is 0.324 e. The molecular weight excluding hydrogens is 276 g/mol. The van der Waals surface area contributed by atoms with Gasteiger partial charge in [-0.25, -0.2) is 13.1 Å². The van der Waals surface area contributed by atoms with Crippen molar-refractivity contribution in [1.82, 2.24) is 9.71 Å². The molecule has 0 aliphatic carbocycles. The first-order valence-corrected chi connectivity index (χ1v) is 7.51. The standard InChI is InChI=1S/C13H16N4O2S/c1-10(13-4-2-3-9-15-13)17-20(18,19)12-7-5-11(16-14)6-8-12/h2-10,16-17H,14H2,1H3. The van der Waals surface area contributed by atoms with Gasteiger partial charge < -0.3 is 5.43 Å². The normalized spacial score (nSPS) is 12.9. The first-order valence-electron chi connectivity index (χ1n) is 6.03. The molecule has 20 heavy (non-hydrogen) atoms. The van der Waals surface area contributed by atoms with E-state index in [1.54, 1.807) is 37.4 Å². The van der Waals surface area contributed by atoms with Crippen LogP contribution < -0.4 is 16.0 Å². The van der Waals surface area contributed by atoms with Crippen molar-refractivity contribution in [1.29, 1.82) is 0 Å². The molecule has 0 saturated carbocycles. The molecule has 4 N–H and O–H groups in total. The van der Waals surface area contributed by atoms with Crippen LogP contribution in [-0.2, 0) is 10.0 Å². The third-order valence-electron chi connectivity index (χ3n) is 2.79. The van der Waals surface area contributed by atoms with Gasteiger partial charge in [0.25, 0.3) is 0 Å². The molecule has 0 spiro atoms. The van der Waals surface area contributed by atoms with Crippen LogP contribution in [0.5, 0.6) is 0 Å². The molecule has 7 heteroatoms. The first kappa shape index (κ1) is 14.4. The Labute approximate surface area is 118 Å². The fourth-order valence-corrected chi connectivity index (χ4v) is 2.94. The van der Waals surface area contributed by atoms with Gasteiger partial charge in [-0.2, -0.15) is 0 Å². The zero-order valence-corrected chi connectivity index (χ0v) is 11.8. The van der Waals surface area contributed by atoms with Crippen LogP contribution >= 0.6 is 0 Å². The van der Waals surface area contributed by atoms with Gasteiger partial charge in [-0.15, -0.1) is 0 Å². The molecular formula is C13H16N4O2S. The van der Waals surface area contributed by atoms with Crippen LogP contribution in [0.25, 0.3) is 0 Å². The number of aromatic nitrogens is 1. The third-order valence-corrected chi connectivity index (χ3v) is 4.35. The highest BCUT2D eigenvalue weighted by Gasteiger charge is 2.18. The fraction of sp³-hybridized carbons (Fsp3) is 0.154. The zero-order valence-electron chi connectivity index (χ0n) is 10.9. The lowest BCUT2D eigenvalue weighted by Gasteiger charge is -2.14. The maximum atomic E-state index is 12.2. The second kappa shape index (κ2) is 6.00. The number of benzene rings is 1. The summed E-state index contributed by atoms with van der Waals surface area (Å²) in [7, 11) is -3.59. The van der Waals surface area contributed by atoms with Gasteiger partial charge in [0.05, 0.1) is 16.6 Å². The molecule has 0 radical (unpaired) electrons. The fourth-order valence-electron chi connectivity index (χ4n) is 1.72. The van der Waals surface area contributed by atoms with E-state index in [9.17, 15) is 8.42 Å². The minimum atomic E-state index is -3.59. The SMILES string of the molecule is CC(NS(=O)(=O)c1ccc(NN)cc1)c1ccccn1. The lowest BCUT2D eigenvalue weighted by molar-refractivity contribution is 0.564. The van der Waals surface area contributed by atoms with E-state index in [-0.39, 0.29) is 4.90 Å². The molecule has 0 saturated heterocycles. The Morgan fingerprint density at radius 1 is 1.15 bits per heavy atom. The van der Waals surface area contributed by atoms with E-state index in [1.807, 2.05) is 6.07 Å². The van der Waals surface area contributed by atoms with Crippen LogP contribution in [0, 0.1) is 0 Å². The van der Waals surface area contributed by atoms with Gasteiger partial charge in [0, 0.05) is 11.9 Å². The summed E-state index contributed by atoms with van der Waals surface area (Å²) in [6, 6.07) is 11.1. The van der Waals surface area contributed by atoms with Gasteiger partial charge in [0.2, 0.25) is 10.0 Å². The molecule has 0 aliphatic heterocycles. The van der Waals surface area contributed by atoms with Crippen molar-refractivity contribution in [2.75, 3.05) is 5.43 Å². The number of rotatable bonds is 5. The van der Waals surface area contributed by atoms with Crippen molar-refractivity contribution >= 4 is 15.7 Å². The Morgan fingerprint density at radius 2 is 1.85 bits per heavy atom. The lowest BCUT2D eigenvalue weighted by Crippen LogP contribution is -2.27. The number of hydrazine groups is 1. The number of nitrogens with one attached hydrogen (secondary N) is 2. The molecule has 0 amide bonds. The third kappa shape index (κ3) is 3.32. The molecule has 1 aromatic heterocycles. The Kier molecular flexibility index (Phi) is 4.33. The van der Waals surface area contributed by atoms with Crippen LogP contribution in [0.15, 0.2) is 53.6 Å².